The second-order valence-corrected chi connectivity index (χ2v) is 5.47. The van der Waals surface area contributed by atoms with Gasteiger partial charge in [-0.3, -0.25) is 4.98 Å². The van der Waals surface area contributed by atoms with Crippen molar-refractivity contribution >= 4 is 11.0 Å². The molecule has 1 saturated heterocycles. The third-order valence-electron chi connectivity index (χ3n) is 4.20. The van der Waals surface area contributed by atoms with Gasteiger partial charge < -0.3 is 9.47 Å². The summed E-state index contributed by atoms with van der Waals surface area (Å²) in [6.45, 7) is 7.01. The molecule has 0 saturated carbocycles. The van der Waals surface area contributed by atoms with Crippen molar-refractivity contribution in [2.45, 2.75) is 39.2 Å². The van der Waals surface area contributed by atoms with E-state index in [1.165, 1.54) is 55.5 Å². The van der Waals surface area contributed by atoms with Crippen LogP contribution in [0.25, 0.3) is 11.0 Å². The minimum absolute atomic E-state index is 1.06. The summed E-state index contributed by atoms with van der Waals surface area (Å²) >= 11 is 0. The van der Waals surface area contributed by atoms with Crippen molar-refractivity contribution < 1.29 is 0 Å². The molecule has 2 aromatic rings. The van der Waals surface area contributed by atoms with Crippen LogP contribution in [0.15, 0.2) is 24.5 Å². The summed E-state index contributed by atoms with van der Waals surface area (Å²) in [5, 5.41) is 0. The number of nitrogens with zero attached hydrogens (tertiary/aromatic N) is 3. The number of fused-ring (bicyclic) bond motifs is 1. The number of pyridine rings is 1. The van der Waals surface area contributed by atoms with Crippen LogP contribution in [0, 0.1) is 0 Å². The van der Waals surface area contributed by atoms with E-state index in [4.69, 9.17) is 0 Å². The second-order valence-electron chi connectivity index (χ2n) is 5.47. The Bertz CT molecular complexity index is 538. The largest absolute Gasteiger partial charge is 0.345 e. The van der Waals surface area contributed by atoms with Crippen LogP contribution in [0.5, 0.6) is 0 Å². The Labute approximate surface area is 115 Å². The van der Waals surface area contributed by atoms with Crippen LogP contribution < -0.4 is 0 Å². The molecule has 3 heterocycles. The van der Waals surface area contributed by atoms with Crippen molar-refractivity contribution in [1.29, 1.82) is 0 Å². The lowest BCUT2D eigenvalue weighted by atomic mass is 10.1. The summed E-state index contributed by atoms with van der Waals surface area (Å²) in [6.07, 6.45) is 9.40. The van der Waals surface area contributed by atoms with E-state index < -0.39 is 0 Å². The Hall–Kier alpha value is -1.35. The molecule has 0 aromatic carbocycles. The van der Waals surface area contributed by atoms with Gasteiger partial charge in [0.25, 0.3) is 0 Å². The molecule has 0 spiro atoms. The van der Waals surface area contributed by atoms with Crippen LogP contribution in [0.4, 0.5) is 0 Å². The molecule has 0 amide bonds. The van der Waals surface area contributed by atoms with Crippen molar-refractivity contribution in [3.63, 3.8) is 0 Å². The Balaban J connectivity index is 1.76. The first kappa shape index (κ1) is 12.7. The predicted octanol–water partition coefficient (Wildman–Crippen LogP) is 3.08. The maximum absolute atomic E-state index is 4.53. The molecule has 1 fully saturated rings. The molecule has 0 N–H and O–H groups in total. The lowest BCUT2D eigenvalue weighted by Crippen LogP contribution is -2.32. The fourth-order valence-electron chi connectivity index (χ4n) is 3.07. The van der Waals surface area contributed by atoms with Gasteiger partial charge in [-0.2, -0.15) is 0 Å². The van der Waals surface area contributed by atoms with E-state index >= 15 is 0 Å². The number of likely N-dealkylation sites (tertiary alicyclic amines) is 1. The van der Waals surface area contributed by atoms with Crippen molar-refractivity contribution in [2.75, 3.05) is 19.6 Å². The van der Waals surface area contributed by atoms with Gasteiger partial charge in [0, 0.05) is 25.5 Å². The maximum Gasteiger partial charge on any atom is 0.0912 e. The summed E-state index contributed by atoms with van der Waals surface area (Å²) < 4.78 is 2.38. The van der Waals surface area contributed by atoms with E-state index in [1.807, 2.05) is 12.3 Å². The number of aromatic nitrogens is 2. The Kier molecular flexibility index (Phi) is 3.83. The van der Waals surface area contributed by atoms with E-state index in [0.717, 1.165) is 13.0 Å². The molecule has 1 aliphatic rings. The second kappa shape index (κ2) is 5.74. The topological polar surface area (TPSA) is 21.1 Å². The van der Waals surface area contributed by atoms with Gasteiger partial charge in [-0.05, 0) is 50.0 Å². The lowest BCUT2D eigenvalue weighted by molar-refractivity contribution is 0.221. The van der Waals surface area contributed by atoms with Crippen LogP contribution in [0.1, 0.15) is 31.7 Å². The third-order valence-corrected chi connectivity index (χ3v) is 4.20. The standard InChI is InChI=1S/C16H23N3/c1-2-14-13-19(15-7-6-8-17-16(14)15)12-11-18-9-4-3-5-10-18/h6-8,13H,2-5,9-12H2,1H3. The fourth-order valence-corrected chi connectivity index (χ4v) is 3.07. The summed E-state index contributed by atoms with van der Waals surface area (Å²) in [7, 11) is 0. The van der Waals surface area contributed by atoms with E-state index in [9.17, 15) is 0 Å². The summed E-state index contributed by atoms with van der Waals surface area (Å²) in [4.78, 5) is 7.13. The highest BCUT2D eigenvalue weighted by Gasteiger charge is 2.12. The molecule has 0 unspecified atom stereocenters. The van der Waals surface area contributed by atoms with Crippen LogP contribution in [0.2, 0.25) is 0 Å². The average Bonchev–Trinajstić information content (AvgIpc) is 2.84. The zero-order valence-electron chi connectivity index (χ0n) is 11.8. The van der Waals surface area contributed by atoms with Crippen molar-refractivity contribution in [3.05, 3.63) is 30.1 Å². The Morgan fingerprint density at radius 2 is 2.00 bits per heavy atom. The molecule has 1 aliphatic heterocycles. The minimum Gasteiger partial charge on any atom is -0.345 e. The minimum atomic E-state index is 1.06. The first-order valence-corrected chi connectivity index (χ1v) is 7.53. The fraction of sp³-hybridized carbons (Fsp3) is 0.562. The van der Waals surface area contributed by atoms with Crippen LogP contribution >= 0.6 is 0 Å². The number of hydrogen-bond donors (Lipinski definition) is 0. The van der Waals surface area contributed by atoms with Gasteiger partial charge in [0.1, 0.15) is 0 Å². The monoisotopic (exact) mass is 257 g/mol. The summed E-state index contributed by atoms with van der Waals surface area (Å²) in [5.41, 5.74) is 3.84. The van der Waals surface area contributed by atoms with Gasteiger partial charge in [0.2, 0.25) is 0 Å². The molecule has 19 heavy (non-hydrogen) atoms. The number of hydrogen-bond acceptors (Lipinski definition) is 2. The van der Waals surface area contributed by atoms with Gasteiger partial charge in [-0.15, -0.1) is 0 Å². The molecule has 3 nitrogen and oxygen atoms in total. The number of aryl methyl sites for hydroxylation is 1. The van der Waals surface area contributed by atoms with Gasteiger partial charge in [0.15, 0.2) is 0 Å². The van der Waals surface area contributed by atoms with E-state index in [1.54, 1.807) is 0 Å². The maximum atomic E-state index is 4.53. The molecule has 3 heteroatoms. The molecule has 0 atom stereocenters. The van der Waals surface area contributed by atoms with Gasteiger partial charge in [0.05, 0.1) is 11.0 Å². The Morgan fingerprint density at radius 1 is 1.16 bits per heavy atom. The summed E-state index contributed by atoms with van der Waals surface area (Å²) in [5.74, 6) is 0. The normalized spacial score (nSPS) is 17.1. The quantitative estimate of drug-likeness (QED) is 0.839. The molecule has 0 radical (unpaired) electrons. The highest BCUT2D eigenvalue weighted by molar-refractivity contribution is 5.79. The van der Waals surface area contributed by atoms with Gasteiger partial charge in [-0.1, -0.05) is 13.3 Å². The van der Waals surface area contributed by atoms with E-state index in [2.05, 4.69) is 33.6 Å². The number of rotatable bonds is 4. The van der Waals surface area contributed by atoms with Crippen molar-refractivity contribution in [3.8, 4) is 0 Å². The van der Waals surface area contributed by atoms with Crippen molar-refractivity contribution in [2.24, 2.45) is 0 Å². The highest BCUT2D eigenvalue weighted by Crippen LogP contribution is 2.19. The smallest absolute Gasteiger partial charge is 0.0912 e. The highest BCUT2D eigenvalue weighted by atomic mass is 15.1. The molecule has 2 aromatic heterocycles. The SMILES string of the molecule is CCc1cn(CCN2CCCCC2)c2cccnc12. The van der Waals surface area contributed by atoms with Gasteiger partial charge >= 0.3 is 0 Å². The molecule has 0 aliphatic carbocycles. The zero-order chi connectivity index (χ0) is 13.1. The van der Waals surface area contributed by atoms with E-state index in [0.29, 0.717) is 0 Å². The van der Waals surface area contributed by atoms with Crippen LogP contribution in [-0.4, -0.2) is 34.1 Å². The van der Waals surface area contributed by atoms with Crippen LogP contribution in [0.3, 0.4) is 0 Å². The lowest BCUT2D eigenvalue weighted by Gasteiger charge is -2.26. The first-order valence-electron chi connectivity index (χ1n) is 7.53. The first-order chi connectivity index (χ1) is 9.38. The predicted molar refractivity (Wildman–Crippen MR) is 79.4 cm³/mol. The number of piperidine rings is 1. The molecular weight excluding hydrogens is 234 g/mol. The Morgan fingerprint density at radius 3 is 2.79 bits per heavy atom. The molecule has 0 bridgehead atoms. The van der Waals surface area contributed by atoms with E-state index in [-0.39, 0.29) is 0 Å². The third kappa shape index (κ3) is 2.66. The average molecular weight is 257 g/mol. The molecule has 102 valence electrons. The molecule has 3 rings (SSSR count). The van der Waals surface area contributed by atoms with Gasteiger partial charge in [-0.25, -0.2) is 0 Å². The molecular formula is C16H23N3. The van der Waals surface area contributed by atoms with Crippen LogP contribution in [-0.2, 0) is 13.0 Å². The summed E-state index contributed by atoms with van der Waals surface area (Å²) in [6, 6.07) is 4.23. The van der Waals surface area contributed by atoms with Crippen molar-refractivity contribution in [1.82, 2.24) is 14.5 Å². The zero-order valence-corrected chi connectivity index (χ0v) is 11.8.